The molecule has 0 spiro atoms. The summed E-state index contributed by atoms with van der Waals surface area (Å²) in [5.41, 5.74) is 0. The number of carbonyl (C=O) groups excluding carboxylic acids is 1. The van der Waals surface area contributed by atoms with Crippen LogP contribution < -0.4 is 0 Å². The fourth-order valence-electron chi connectivity index (χ4n) is 2.73. The van der Waals surface area contributed by atoms with Gasteiger partial charge in [0.2, 0.25) is 5.91 Å². The maximum Gasteiger partial charge on any atom is 0.304 e. The van der Waals surface area contributed by atoms with Crippen molar-refractivity contribution in [2.75, 3.05) is 19.6 Å². The highest BCUT2D eigenvalue weighted by Gasteiger charge is 2.34. The standard InChI is InChI=1S/C13H24N2O3/c1-4-14(5-2)13(18)10(3)15-8-6-7-11(15)9-12(16)17/h10-11H,4-9H2,1-3H3,(H,16,17). The lowest BCUT2D eigenvalue weighted by Gasteiger charge is -2.32. The van der Waals surface area contributed by atoms with Gasteiger partial charge < -0.3 is 10.0 Å². The fraction of sp³-hybridized carbons (Fsp3) is 0.846. The SMILES string of the molecule is CCN(CC)C(=O)C(C)N1CCCC1CC(=O)O. The minimum Gasteiger partial charge on any atom is -0.481 e. The molecule has 18 heavy (non-hydrogen) atoms. The topological polar surface area (TPSA) is 60.9 Å². The summed E-state index contributed by atoms with van der Waals surface area (Å²) in [6.45, 7) is 8.06. The second kappa shape index (κ2) is 6.73. The van der Waals surface area contributed by atoms with Gasteiger partial charge in [-0.1, -0.05) is 0 Å². The number of rotatable bonds is 6. The highest BCUT2D eigenvalue weighted by Crippen LogP contribution is 2.23. The molecule has 5 nitrogen and oxygen atoms in total. The third-order valence-electron chi connectivity index (χ3n) is 3.76. The van der Waals surface area contributed by atoms with Crippen molar-refractivity contribution >= 4 is 11.9 Å². The normalized spacial score (nSPS) is 21.8. The lowest BCUT2D eigenvalue weighted by atomic mass is 10.1. The number of likely N-dealkylation sites (N-methyl/N-ethyl adjacent to an activating group) is 1. The molecule has 1 N–H and O–H groups in total. The highest BCUT2D eigenvalue weighted by atomic mass is 16.4. The molecule has 0 bridgehead atoms. The Balaban J connectivity index is 2.66. The number of hydrogen-bond donors (Lipinski definition) is 1. The van der Waals surface area contributed by atoms with Gasteiger partial charge in [0.1, 0.15) is 0 Å². The van der Waals surface area contributed by atoms with Crippen molar-refractivity contribution in [2.45, 2.75) is 52.1 Å². The Labute approximate surface area is 109 Å². The molecule has 1 rings (SSSR count). The lowest BCUT2D eigenvalue weighted by Crippen LogP contribution is -2.49. The molecule has 0 radical (unpaired) electrons. The Morgan fingerprint density at radius 2 is 2.00 bits per heavy atom. The van der Waals surface area contributed by atoms with E-state index in [0.717, 1.165) is 19.4 Å². The van der Waals surface area contributed by atoms with Gasteiger partial charge in [0.25, 0.3) is 0 Å². The van der Waals surface area contributed by atoms with E-state index in [1.807, 2.05) is 20.8 Å². The van der Waals surface area contributed by atoms with Crippen LogP contribution in [0.1, 0.15) is 40.0 Å². The van der Waals surface area contributed by atoms with Crippen LogP contribution in [0.15, 0.2) is 0 Å². The summed E-state index contributed by atoms with van der Waals surface area (Å²) >= 11 is 0. The largest absolute Gasteiger partial charge is 0.481 e. The van der Waals surface area contributed by atoms with Crippen molar-refractivity contribution in [1.82, 2.24) is 9.80 Å². The van der Waals surface area contributed by atoms with E-state index in [9.17, 15) is 9.59 Å². The third kappa shape index (κ3) is 3.45. The van der Waals surface area contributed by atoms with Crippen LogP contribution in [-0.4, -0.2) is 58.5 Å². The zero-order chi connectivity index (χ0) is 13.7. The number of aliphatic carboxylic acids is 1. The average molecular weight is 256 g/mol. The zero-order valence-electron chi connectivity index (χ0n) is 11.6. The van der Waals surface area contributed by atoms with Crippen molar-refractivity contribution in [3.63, 3.8) is 0 Å². The third-order valence-corrected chi connectivity index (χ3v) is 3.76. The molecule has 0 aromatic carbocycles. The molecule has 1 amide bonds. The van der Waals surface area contributed by atoms with Gasteiger partial charge in [-0.05, 0) is 40.2 Å². The predicted molar refractivity (Wildman–Crippen MR) is 69.4 cm³/mol. The van der Waals surface area contributed by atoms with Crippen LogP contribution in [0.5, 0.6) is 0 Å². The van der Waals surface area contributed by atoms with Gasteiger partial charge in [-0.2, -0.15) is 0 Å². The highest BCUT2D eigenvalue weighted by molar-refractivity contribution is 5.81. The first-order valence-electron chi connectivity index (χ1n) is 6.77. The average Bonchev–Trinajstić information content (AvgIpc) is 2.76. The van der Waals surface area contributed by atoms with Crippen LogP contribution in [0.2, 0.25) is 0 Å². The van der Waals surface area contributed by atoms with Gasteiger partial charge in [-0.15, -0.1) is 0 Å². The number of hydrogen-bond acceptors (Lipinski definition) is 3. The van der Waals surface area contributed by atoms with E-state index in [4.69, 9.17) is 5.11 Å². The van der Waals surface area contributed by atoms with Crippen LogP contribution in [0.3, 0.4) is 0 Å². The van der Waals surface area contributed by atoms with Crippen LogP contribution in [-0.2, 0) is 9.59 Å². The number of amides is 1. The minimum atomic E-state index is -0.783. The van der Waals surface area contributed by atoms with Gasteiger partial charge in [0.15, 0.2) is 0 Å². The number of nitrogens with zero attached hydrogens (tertiary/aromatic N) is 2. The molecule has 0 aliphatic carbocycles. The summed E-state index contributed by atoms with van der Waals surface area (Å²) < 4.78 is 0. The summed E-state index contributed by atoms with van der Waals surface area (Å²) in [6, 6.07) is -0.200. The van der Waals surface area contributed by atoms with Crippen molar-refractivity contribution < 1.29 is 14.7 Å². The molecular weight excluding hydrogens is 232 g/mol. The molecule has 2 unspecified atom stereocenters. The van der Waals surface area contributed by atoms with E-state index < -0.39 is 5.97 Å². The zero-order valence-corrected chi connectivity index (χ0v) is 11.6. The molecule has 1 aliphatic heterocycles. The van der Waals surface area contributed by atoms with E-state index in [0.29, 0.717) is 13.1 Å². The maximum absolute atomic E-state index is 12.3. The van der Waals surface area contributed by atoms with E-state index >= 15 is 0 Å². The van der Waals surface area contributed by atoms with Crippen LogP contribution in [0.25, 0.3) is 0 Å². The molecular formula is C13H24N2O3. The smallest absolute Gasteiger partial charge is 0.304 e. The van der Waals surface area contributed by atoms with E-state index in [-0.39, 0.29) is 24.4 Å². The molecule has 1 saturated heterocycles. The van der Waals surface area contributed by atoms with E-state index in [1.54, 1.807) is 4.90 Å². The summed E-state index contributed by atoms with van der Waals surface area (Å²) in [5.74, 6) is -0.674. The molecule has 5 heteroatoms. The first kappa shape index (κ1) is 15.0. The minimum absolute atomic E-state index is 0.0111. The summed E-state index contributed by atoms with van der Waals surface area (Å²) in [4.78, 5) is 26.9. The second-order valence-electron chi connectivity index (χ2n) is 4.82. The van der Waals surface area contributed by atoms with Crippen molar-refractivity contribution in [1.29, 1.82) is 0 Å². The Kier molecular flexibility index (Phi) is 5.59. The molecule has 1 aliphatic rings. The van der Waals surface area contributed by atoms with E-state index in [2.05, 4.69) is 4.90 Å². The van der Waals surface area contributed by atoms with Gasteiger partial charge in [-0.25, -0.2) is 0 Å². The summed E-state index contributed by atoms with van der Waals surface area (Å²) in [5, 5.41) is 8.89. The van der Waals surface area contributed by atoms with Crippen LogP contribution in [0.4, 0.5) is 0 Å². The Bertz CT molecular complexity index is 303. The Morgan fingerprint density at radius 3 is 2.50 bits per heavy atom. The van der Waals surface area contributed by atoms with Crippen molar-refractivity contribution in [3.8, 4) is 0 Å². The summed E-state index contributed by atoms with van der Waals surface area (Å²) in [7, 11) is 0. The molecule has 1 fully saturated rings. The number of carbonyl (C=O) groups is 2. The first-order valence-corrected chi connectivity index (χ1v) is 6.77. The molecule has 1 heterocycles. The number of likely N-dealkylation sites (tertiary alicyclic amines) is 1. The molecule has 0 aromatic rings. The molecule has 0 saturated carbocycles. The molecule has 104 valence electrons. The first-order chi connectivity index (χ1) is 8.51. The van der Waals surface area contributed by atoms with E-state index in [1.165, 1.54) is 0 Å². The lowest BCUT2D eigenvalue weighted by molar-refractivity contribution is -0.141. The van der Waals surface area contributed by atoms with Crippen LogP contribution >= 0.6 is 0 Å². The fourth-order valence-corrected chi connectivity index (χ4v) is 2.73. The predicted octanol–water partition coefficient (Wildman–Crippen LogP) is 1.18. The van der Waals surface area contributed by atoms with Gasteiger partial charge in [-0.3, -0.25) is 14.5 Å². The quantitative estimate of drug-likeness (QED) is 0.775. The summed E-state index contributed by atoms with van der Waals surface area (Å²) in [6.07, 6.45) is 1.99. The Hall–Kier alpha value is -1.10. The maximum atomic E-state index is 12.3. The number of carboxylic acid groups (broad SMARTS) is 1. The molecule has 0 aromatic heterocycles. The van der Waals surface area contributed by atoms with Crippen molar-refractivity contribution in [2.24, 2.45) is 0 Å². The van der Waals surface area contributed by atoms with Crippen molar-refractivity contribution in [3.05, 3.63) is 0 Å². The van der Waals surface area contributed by atoms with Crippen LogP contribution in [0, 0.1) is 0 Å². The Morgan fingerprint density at radius 1 is 1.39 bits per heavy atom. The molecule has 2 atom stereocenters. The van der Waals surface area contributed by atoms with Gasteiger partial charge in [0, 0.05) is 19.1 Å². The monoisotopic (exact) mass is 256 g/mol. The van der Waals surface area contributed by atoms with Gasteiger partial charge in [0.05, 0.1) is 12.5 Å². The van der Waals surface area contributed by atoms with Gasteiger partial charge >= 0.3 is 5.97 Å². The second-order valence-corrected chi connectivity index (χ2v) is 4.82. The number of carboxylic acids is 1.